The molecule has 2 aliphatic rings. The molecule has 130 valence electrons. The van der Waals surface area contributed by atoms with Crippen LogP contribution in [0.5, 0.6) is 0 Å². The topological polar surface area (TPSA) is 69.9 Å². The van der Waals surface area contributed by atoms with Crippen LogP contribution in [0.2, 0.25) is 0 Å². The minimum Gasteiger partial charge on any atom is -0.351 e. The van der Waals surface area contributed by atoms with E-state index in [-0.39, 0.29) is 29.6 Å². The molecular formula is C17H17FN4O3. The Balaban J connectivity index is 1.43. The van der Waals surface area contributed by atoms with E-state index in [0.717, 1.165) is 5.56 Å². The van der Waals surface area contributed by atoms with Gasteiger partial charge in [0.1, 0.15) is 5.82 Å². The maximum atomic E-state index is 13.0. The molecule has 4 rings (SSSR count). The van der Waals surface area contributed by atoms with Gasteiger partial charge in [-0.25, -0.2) is 9.18 Å². The second-order valence-electron chi connectivity index (χ2n) is 6.26. The number of piperazine rings is 1. The molecule has 7 nitrogen and oxygen atoms in total. The van der Waals surface area contributed by atoms with Crippen LogP contribution in [0.4, 0.5) is 9.18 Å². The van der Waals surface area contributed by atoms with Gasteiger partial charge in [-0.1, -0.05) is 17.3 Å². The van der Waals surface area contributed by atoms with Crippen molar-refractivity contribution in [3.63, 3.8) is 0 Å². The number of aromatic nitrogens is 1. The Morgan fingerprint density at radius 1 is 1.20 bits per heavy atom. The number of halogens is 1. The lowest BCUT2D eigenvalue weighted by molar-refractivity contribution is 0.0577. The van der Waals surface area contributed by atoms with Crippen LogP contribution in [0, 0.1) is 5.82 Å². The number of carbonyl (C=O) groups excluding carboxylic acids is 2. The van der Waals surface area contributed by atoms with Gasteiger partial charge in [0.05, 0.1) is 12.2 Å². The molecule has 0 unspecified atom stereocenters. The zero-order valence-corrected chi connectivity index (χ0v) is 13.5. The van der Waals surface area contributed by atoms with Crippen molar-refractivity contribution in [1.29, 1.82) is 0 Å². The largest absolute Gasteiger partial charge is 0.351 e. The van der Waals surface area contributed by atoms with Crippen molar-refractivity contribution in [2.45, 2.75) is 12.6 Å². The summed E-state index contributed by atoms with van der Waals surface area (Å²) < 4.78 is 17.9. The van der Waals surface area contributed by atoms with Crippen molar-refractivity contribution in [2.24, 2.45) is 0 Å². The van der Waals surface area contributed by atoms with Crippen molar-refractivity contribution in [2.75, 3.05) is 26.2 Å². The summed E-state index contributed by atoms with van der Waals surface area (Å²) in [6.07, 6.45) is 1.44. The summed E-state index contributed by atoms with van der Waals surface area (Å²) in [7, 11) is 0. The van der Waals surface area contributed by atoms with E-state index < -0.39 is 0 Å². The summed E-state index contributed by atoms with van der Waals surface area (Å²) in [5, 5.41) is 3.56. The predicted octanol–water partition coefficient (Wildman–Crippen LogP) is 1.58. The standard InChI is InChI=1S/C17H17FN4O3/c18-13-3-1-12(2-4-13)9-21-11-14-10-20(7-8-22(14)17(21)24)16(23)15-5-6-19-25-15/h1-6,14H,7-11H2/t14-/m1/s1. The summed E-state index contributed by atoms with van der Waals surface area (Å²) in [4.78, 5) is 30.2. The van der Waals surface area contributed by atoms with Gasteiger partial charge in [0.25, 0.3) is 5.91 Å². The van der Waals surface area contributed by atoms with Gasteiger partial charge in [-0.05, 0) is 17.7 Å². The van der Waals surface area contributed by atoms with E-state index in [9.17, 15) is 14.0 Å². The lowest BCUT2D eigenvalue weighted by atomic mass is 10.1. The third-order valence-corrected chi connectivity index (χ3v) is 4.65. The fourth-order valence-electron chi connectivity index (χ4n) is 3.39. The number of rotatable bonds is 3. The molecule has 25 heavy (non-hydrogen) atoms. The Morgan fingerprint density at radius 3 is 2.72 bits per heavy atom. The molecule has 0 spiro atoms. The van der Waals surface area contributed by atoms with Crippen molar-refractivity contribution < 1.29 is 18.5 Å². The highest BCUT2D eigenvalue weighted by Crippen LogP contribution is 2.23. The summed E-state index contributed by atoms with van der Waals surface area (Å²) >= 11 is 0. The van der Waals surface area contributed by atoms with Gasteiger partial charge in [0.2, 0.25) is 5.76 Å². The quantitative estimate of drug-likeness (QED) is 0.848. The molecule has 0 bridgehead atoms. The first-order chi connectivity index (χ1) is 12.1. The molecule has 2 aromatic rings. The Kier molecular flexibility index (Phi) is 3.87. The normalized spacial score (nSPS) is 20.1. The highest BCUT2D eigenvalue weighted by atomic mass is 19.1. The highest BCUT2D eigenvalue weighted by molar-refractivity contribution is 5.91. The highest BCUT2D eigenvalue weighted by Gasteiger charge is 2.41. The van der Waals surface area contributed by atoms with Gasteiger partial charge in [-0.15, -0.1) is 0 Å². The van der Waals surface area contributed by atoms with Gasteiger partial charge in [0.15, 0.2) is 0 Å². The number of hydrogen-bond donors (Lipinski definition) is 0. The maximum Gasteiger partial charge on any atom is 0.320 e. The molecular weight excluding hydrogens is 327 g/mol. The molecule has 0 saturated carbocycles. The number of hydrogen-bond acceptors (Lipinski definition) is 4. The molecule has 2 aliphatic heterocycles. The zero-order chi connectivity index (χ0) is 17.4. The Bertz CT molecular complexity index is 778. The molecule has 0 radical (unpaired) electrons. The number of nitrogens with zero attached hydrogens (tertiary/aromatic N) is 4. The fourth-order valence-corrected chi connectivity index (χ4v) is 3.39. The molecule has 8 heteroatoms. The van der Waals surface area contributed by atoms with Crippen LogP contribution in [-0.4, -0.2) is 64.0 Å². The summed E-state index contributed by atoms with van der Waals surface area (Å²) in [6.45, 7) is 2.39. The van der Waals surface area contributed by atoms with E-state index in [0.29, 0.717) is 32.7 Å². The molecule has 3 heterocycles. The van der Waals surface area contributed by atoms with E-state index in [1.165, 1.54) is 24.4 Å². The smallest absolute Gasteiger partial charge is 0.320 e. The van der Waals surface area contributed by atoms with Gasteiger partial charge in [0, 0.05) is 38.8 Å². The first kappa shape index (κ1) is 15.6. The lowest BCUT2D eigenvalue weighted by Crippen LogP contribution is -2.53. The molecule has 1 aromatic carbocycles. The molecule has 2 fully saturated rings. The van der Waals surface area contributed by atoms with E-state index in [4.69, 9.17) is 4.52 Å². The van der Waals surface area contributed by atoms with E-state index in [1.54, 1.807) is 26.8 Å². The molecule has 3 amide bonds. The summed E-state index contributed by atoms with van der Waals surface area (Å²) in [5.41, 5.74) is 0.879. The van der Waals surface area contributed by atoms with Crippen molar-refractivity contribution in [1.82, 2.24) is 19.9 Å². The Hall–Kier alpha value is -2.90. The lowest BCUT2D eigenvalue weighted by Gasteiger charge is -2.35. The van der Waals surface area contributed by atoms with Crippen molar-refractivity contribution >= 4 is 11.9 Å². The van der Waals surface area contributed by atoms with Crippen LogP contribution in [0.3, 0.4) is 0 Å². The first-order valence-electron chi connectivity index (χ1n) is 8.12. The van der Waals surface area contributed by atoms with Crippen molar-refractivity contribution in [3.05, 3.63) is 53.7 Å². The number of amides is 3. The average Bonchev–Trinajstić information content (AvgIpc) is 3.25. The van der Waals surface area contributed by atoms with Crippen LogP contribution in [0.25, 0.3) is 0 Å². The van der Waals surface area contributed by atoms with Crippen LogP contribution < -0.4 is 0 Å². The van der Waals surface area contributed by atoms with E-state index in [2.05, 4.69) is 5.16 Å². The Labute approximate surface area is 143 Å². The number of benzene rings is 1. The van der Waals surface area contributed by atoms with Crippen LogP contribution in [0.1, 0.15) is 16.1 Å². The third-order valence-electron chi connectivity index (χ3n) is 4.65. The minimum atomic E-state index is -0.296. The monoisotopic (exact) mass is 344 g/mol. The number of urea groups is 1. The number of carbonyl (C=O) groups is 2. The summed E-state index contributed by atoms with van der Waals surface area (Å²) in [5.74, 6) is -0.294. The van der Waals surface area contributed by atoms with Gasteiger partial charge in [-0.2, -0.15) is 0 Å². The molecule has 0 aliphatic carbocycles. The zero-order valence-electron chi connectivity index (χ0n) is 13.5. The second-order valence-corrected chi connectivity index (χ2v) is 6.26. The average molecular weight is 344 g/mol. The van der Waals surface area contributed by atoms with E-state index in [1.807, 2.05) is 0 Å². The van der Waals surface area contributed by atoms with E-state index >= 15 is 0 Å². The van der Waals surface area contributed by atoms with Crippen LogP contribution in [0.15, 0.2) is 41.1 Å². The van der Waals surface area contributed by atoms with Gasteiger partial charge < -0.3 is 19.2 Å². The minimum absolute atomic E-state index is 0.0407. The van der Waals surface area contributed by atoms with Gasteiger partial charge in [-0.3, -0.25) is 4.79 Å². The molecule has 1 atom stereocenters. The first-order valence-corrected chi connectivity index (χ1v) is 8.12. The Morgan fingerprint density at radius 2 is 2.00 bits per heavy atom. The van der Waals surface area contributed by atoms with Crippen LogP contribution in [-0.2, 0) is 6.54 Å². The fraction of sp³-hybridized carbons (Fsp3) is 0.353. The molecule has 2 saturated heterocycles. The van der Waals surface area contributed by atoms with Crippen LogP contribution >= 0.6 is 0 Å². The molecule has 0 N–H and O–H groups in total. The summed E-state index contributed by atoms with van der Waals surface area (Å²) in [6, 6.07) is 7.59. The second kappa shape index (κ2) is 6.19. The number of fused-ring (bicyclic) bond motifs is 1. The maximum absolute atomic E-state index is 13.0. The van der Waals surface area contributed by atoms with Gasteiger partial charge >= 0.3 is 6.03 Å². The predicted molar refractivity (Wildman–Crippen MR) is 85.1 cm³/mol. The molecule has 1 aromatic heterocycles. The SMILES string of the molecule is O=C(c1ccno1)N1CCN2C(=O)N(Cc3ccc(F)cc3)C[C@H]2C1. The third kappa shape index (κ3) is 2.95. The van der Waals surface area contributed by atoms with Crippen molar-refractivity contribution in [3.8, 4) is 0 Å².